The number of para-hydroxylation sites is 1. The standard InChI is InChI=1S/C31H43N3O5/c1-10-22-16-13-17-23(18-22)26(27(36)33-25-20(3)14-12-15-21(25)4)34(31(8,9)11-2)28(37)24(19-35)32-29(38)39-30(5,6)7/h10,12-18,24,26,35H,1,11,19H2,2-9H3,(H,32,38)(H,33,36). The van der Waals surface area contributed by atoms with Gasteiger partial charge in [0.2, 0.25) is 5.91 Å². The fourth-order valence-electron chi connectivity index (χ4n) is 4.23. The van der Waals surface area contributed by atoms with Crippen molar-refractivity contribution in [3.8, 4) is 0 Å². The van der Waals surface area contributed by atoms with Crippen LogP contribution in [0.2, 0.25) is 0 Å². The lowest BCUT2D eigenvalue weighted by atomic mass is 9.91. The highest BCUT2D eigenvalue weighted by atomic mass is 16.6. The zero-order valence-corrected chi connectivity index (χ0v) is 24.4. The molecule has 3 N–H and O–H groups in total. The van der Waals surface area contributed by atoms with E-state index < -0.39 is 47.7 Å². The van der Waals surface area contributed by atoms with Crippen LogP contribution >= 0.6 is 0 Å². The summed E-state index contributed by atoms with van der Waals surface area (Å²) in [6, 6.07) is 10.6. The van der Waals surface area contributed by atoms with E-state index in [0.29, 0.717) is 17.7 Å². The number of aliphatic hydroxyl groups is 1. The van der Waals surface area contributed by atoms with Gasteiger partial charge in [-0.15, -0.1) is 0 Å². The SMILES string of the molecule is C=Cc1cccc(C(C(=O)Nc2c(C)cccc2C)N(C(=O)C(CO)NC(=O)OC(C)(C)C)C(C)(C)CC)c1. The van der Waals surface area contributed by atoms with E-state index in [1.54, 1.807) is 39.0 Å². The third-order valence-corrected chi connectivity index (χ3v) is 6.62. The Kier molecular flexibility index (Phi) is 10.5. The number of nitrogens with zero attached hydrogens (tertiary/aromatic N) is 1. The number of hydrogen-bond acceptors (Lipinski definition) is 5. The Labute approximate surface area is 232 Å². The van der Waals surface area contributed by atoms with Gasteiger partial charge in [0.1, 0.15) is 17.7 Å². The normalized spacial score (nSPS) is 13.2. The molecular formula is C31H43N3O5. The minimum absolute atomic E-state index is 0.419. The quantitative estimate of drug-likeness (QED) is 0.369. The van der Waals surface area contributed by atoms with Crippen molar-refractivity contribution in [3.05, 3.63) is 71.3 Å². The molecule has 3 amide bonds. The molecule has 2 aromatic rings. The van der Waals surface area contributed by atoms with Gasteiger partial charge < -0.3 is 25.4 Å². The molecule has 2 atom stereocenters. The van der Waals surface area contributed by atoms with Crippen molar-refractivity contribution in [2.24, 2.45) is 0 Å². The fraction of sp³-hybridized carbons (Fsp3) is 0.452. The molecule has 0 bridgehead atoms. The van der Waals surface area contributed by atoms with Crippen molar-refractivity contribution in [2.75, 3.05) is 11.9 Å². The molecule has 0 saturated heterocycles. The summed E-state index contributed by atoms with van der Waals surface area (Å²) in [6.07, 6.45) is 1.33. The van der Waals surface area contributed by atoms with Gasteiger partial charge in [-0.2, -0.15) is 0 Å². The lowest BCUT2D eigenvalue weighted by Gasteiger charge is -2.44. The monoisotopic (exact) mass is 537 g/mol. The van der Waals surface area contributed by atoms with Gasteiger partial charge in [0.05, 0.1) is 6.61 Å². The van der Waals surface area contributed by atoms with Crippen LogP contribution in [0.5, 0.6) is 0 Å². The first-order valence-corrected chi connectivity index (χ1v) is 13.2. The van der Waals surface area contributed by atoms with Crippen LogP contribution in [-0.4, -0.2) is 51.7 Å². The van der Waals surface area contributed by atoms with Crippen LogP contribution in [0.3, 0.4) is 0 Å². The van der Waals surface area contributed by atoms with E-state index in [9.17, 15) is 19.5 Å². The maximum atomic E-state index is 14.1. The third kappa shape index (κ3) is 8.17. The second kappa shape index (κ2) is 12.9. The number of aliphatic hydroxyl groups excluding tert-OH is 1. The number of aryl methyl sites for hydroxylation is 2. The molecular weight excluding hydrogens is 494 g/mol. The second-order valence-electron chi connectivity index (χ2n) is 11.3. The highest BCUT2D eigenvalue weighted by Crippen LogP contribution is 2.34. The third-order valence-electron chi connectivity index (χ3n) is 6.62. The topological polar surface area (TPSA) is 108 Å². The molecule has 0 aliphatic carbocycles. The van der Waals surface area contributed by atoms with E-state index >= 15 is 0 Å². The van der Waals surface area contributed by atoms with Gasteiger partial charge >= 0.3 is 6.09 Å². The molecule has 0 radical (unpaired) electrons. The molecule has 0 saturated carbocycles. The van der Waals surface area contributed by atoms with Gasteiger partial charge in [0.25, 0.3) is 5.91 Å². The molecule has 0 fully saturated rings. The van der Waals surface area contributed by atoms with Crippen molar-refractivity contribution < 1.29 is 24.2 Å². The highest BCUT2D eigenvalue weighted by Gasteiger charge is 2.43. The van der Waals surface area contributed by atoms with E-state index in [1.807, 2.05) is 65.0 Å². The molecule has 0 aliphatic heterocycles. The Bertz CT molecular complexity index is 1180. The number of benzene rings is 2. The van der Waals surface area contributed by atoms with Crippen LogP contribution in [0.15, 0.2) is 49.0 Å². The largest absolute Gasteiger partial charge is 0.444 e. The van der Waals surface area contributed by atoms with Crippen LogP contribution in [0, 0.1) is 13.8 Å². The molecule has 2 rings (SSSR count). The zero-order chi connectivity index (χ0) is 29.5. The maximum absolute atomic E-state index is 14.1. The minimum Gasteiger partial charge on any atom is -0.444 e. The maximum Gasteiger partial charge on any atom is 0.408 e. The number of carbonyl (C=O) groups is 3. The first kappa shape index (κ1) is 31.6. The number of rotatable bonds is 10. The first-order valence-electron chi connectivity index (χ1n) is 13.2. The summed E-state index contributed by atoms with van der Waals surface area (Å²) >= 11 is 0. The van der Waals surface area contributed by atoms with E-state index in [4.69, 9.17) is 4.74 Å². The summed E-state index contributed by atoms with van der Waals surface area (Å²) in [5, 5.41) is 15.7. The van der Waals surface area contributed by atoms with Crippen LogP contribution in [0.25, 0.3) is 6.08 Å². The highest BCUT2D eigenvalue weighted by molar-refractivity contribution is 6.00. The molecule has 8 heteroatoms. The van der Waals surface area contributed by atoms with Crippen LogP contribution in [0.1, 0.15) is 76.3 Å². The predicted octanol–water partition coefficient (Wildman–Crippen LogP) is 5.53. The number of amides is 3. The predicted molar refractivity (Wildman–Crippen MR) is 155 cm³/mol. The summed E-state index contributed by atoms with van der Waals surface area (Å²) in [7, 11) is 0. The van der Waals surface area contributed by atoms with E-state index in [2.05, 4.69) is 17.2 Å². The Morgan fingerprint density at radius 1 is 1.05 bits per heavy atom. The Balaban J connectivity index is 2.66. The van der Waals surface area contributed by atoms with Crippen molar-refractivity contribution >= 4 is 29.7 Å². The second-order valence-corrected chi connectivity index (χ2v) is 11.3. The van der Waals surface area contributed by atoms with Crippen LogP contribution in [0.4, 0.5) is 10.5 Å². The zero-order valence-electron chi connectivity index (χ0n) is 24.4. The number of nitrogens with one attached hydrogen (secondary N) is 2. The van der Waals surface area contributed by atoms with Gasteiger partial charge in [0.15, 0.2) is 0 Å². The number of carbonyl (C=O) groups excluding carboxylic acids is 3. The molecule has 0 heterocycles. The lowest BCUT2D eigenvalue weighted by molar-refractivity contribution is -0.148. The van der Waals surface area contributed by atoms with Crippen LogP contribution < -0.4 is 10.6 Å². The van der Waals surface area contributed by atoms with E-state index in [1.165, 1.54) is 4.90 Å². The Hall–Kier alpha value is -3.65. The Morgan fingerprint density at radius 2 is 1.64 bits per heavy atom. The van der Waals surface area contributed by atoms with Crippen LogP contribution in [-0.2, 0) is 14.3 Å². The van der Waals surface area contributed by atoms with Gasteiger partial charge in [-0.05, 0) is 83.2 Å². The number of ether oxygens (including phenoxy) is 1. The van der Waals surface area contributed by atoms with Gasteiger partial charge in [-0.25, -0.2) is 4.79 Å². The van der Waals surface area contributed by atoms with E-state index in [0.717, 1.165) is 16.7 Å². The van der Waals surface area contributed by atoms with Crippen molar-refractivity contribution in [1.29, 1.82) is 0 Å². The number of alkyl carbamates (subject to hydrolysis) is 1. The molecule has 8 nitrogen and oxygen atoms in total. The first-order chi connectivity index (χ1) is 18.1. The summed E-state index contributed by atoms with van der Waals surface area (Å²) in [5.74, 6) is -1.03. The van der Waals surface area contributed by atoms with Crippen molar-refractivity contribution in [2.45, 2.75) is 85.0 Å². The lowest BCUT2D eigenvalue weighted by Crippen LogP contribution is -2.59. The minimum atomic E-state index is -1.33. The summed E-state index contributed by atoms with van der Waals surface area (Å²) in [5.41, 5.74) is 2.15. The van der Waals surface area contributed by atoms with E-state index in [-0.39, 0.29) is 0 Å². The molecule has 0 aromatic heterocycles. The average Bonchev–Trinajstić information content (AvgIpc) is 2.86. The van der Waals surface area contributed by atoms with Gasteiger partial charge in [0, 0.05) is 11.2 Å². The van der Waals surface area contributed by atoms with Crippen molar-refractivity contribution in [1.82, 2.24) is 10.2 Å². The molecule has 0 aliphatic rings. The number of hydrogen-bond donors (Lipinski definition) is 3. The molecule has 0 spiro atoms. The fourth-order valence-corrected chi connectivity index (χ4v) is 4.23. The smallest absolute Gasteiger partial charge is 0.408 e. The van der Waals surface area contributed by atoms with Crippen molar-refractivity contribution in [3.63, 3.8) is 0 Å². The molecule has 39 heavy (non-hydrogen) atoms. The number of anilines is 1. The molecule has 2 aromatic carbocycles. The van der Waals surface area contributed by atoms with Gasteiger partial charge in [-0.1, -0.05) is 56.0 Å². The average molecular weight is 538 g/mol. The summed E-state index contributed by atoms with van der Waals surface area (Å²) < 4.78 is 5.32. The summed E-state index contributed by atoms with van der Waals surface area (Å²) in [4.78, 5) is 42.3. The molecule has 212 valence electrons. The summed E-state index contributed by atoms with van der Waals surface area (Å²) in [6.45, 7) is 17.7. The van der Waals surface area contributed by atoms with Gasteiger partial charge in [-0.3, -0.25) is 9.59 Å². The Morgan fingerprint density at radius 3 is 2.15 bits per heavy atom. The molecule has 2 unspecified atom stereocenters.